The maximum atomic E-state index is 12.7. The van der Waals surface area contributed by atoms with Crippen LogP contribution in [0.15, 0.2) is 72.8 Å². The molecule has 4 rings (SSSR count). The van der Waals surface area contributed by atoms with Gasteiger partial charge in [0, 0.05) is 29.8 Å². The fraction of sp³-hybridized carbons (Fsp3) is 0.125. The summed E-state index contributed by atoms with van der Waals surface area (Å²) >= 11 is 0. The van der Waals surface area contributed by atoms with Crippen molar-refractivity contribution in [3.8, 4) is 0 Å². The first-order chi connectivity index (χ1) is 14.1. The molecular formula is C24H20N2O3. The summed E-state index contributed by atoms with van der Waals surface area (Å²) in [6.07, 6.45) is 1.11. The average molecular weight is 384 g/mol. The van der Waals surface area contributed by atoms with Gasteiger partial charge in [0.15, 0.2) is 5.78 Å². The van der Waals surface area contributed by atoms with Crippen molar-refractivity contribution in [2.75, 3.05) is 5.32 Å². The lowest BCUT2D eigenvalue weighted by Crippen LogP contribution is -2.23. The highest BCUT2D eigenvalue weighted by Crippen LogP contribution is 2.26. The van der Waals surface area contributed by atoms with E-state index in [9.17, 15) is 14.4 Å². The third kappa shape index (κ3) is 4.09. The predicted molar refractivity (Wildman–Crippen MR) is 111 cm³/mol. The van der Waals surface area contributed by atoms with E-state index in [2.05, 4.69) is 10.6 Å². The number of fused-ring (bicyclic) bond motifs is 1. The fourth-order valence-corrected chi connectivity index (χ4v) is 3.52. The third-order valence-electron chi connectivity index (χ3n) is 4.97. The van der Waals surface area contributed by atoms with Gasteiger partial charge in [0.05, 0.1) is 5.56 Å². The molecule has 0 radical (unpaired) electrons. The van der Waals surface area contributed by atoms with Gasteiger partial charge in [-0.05, 0) is 41.8 Å². The molecule has 29 heavy (non-hydrogen) atoms. The molecule has 3 aromatic carbocycles. The Bertz CT molecular complexity index is 1090. The second-order valence-corrected chi connectivity index (χ2v) is 6.97. The molecule has 0 bridgehead atoms. The second kappa shape index (κ2) is 8.10. The van der Waals surface area contributed by atoms with Crippen molar-refractivity contribution in [3.05, 3.63) is 101 Å². The summed E-state index contributed by atoms with van der Waals surface area (Å²) in [5.41, 5.74) is 3.77. The highest BCUT2D eigenvalue weighted by Gasteiger charge is 2.25. The first-order valence-corrected chi connectivity index (χ1v) is 9.50. The Kier molecular flexibility index (Phi) is 5.20. The van der Waals surface area contributed by atoms with Crippen molar-refractivity contribution in [2.24, 2.45) is 0 Å². The number of nitrogens with one attached hydrogen (secondary N) is 2. The number of carbonyl (C=O) groups is 3. The number of carbonyl (C=O) groups excluding carboxylic acids is 3. The van der Waals surface area contributed by atoms with Gasteiger partial charge in [-0.1, -0.05) is 48.5 Å². The summed E-state index contributed by atoms with van der Waals surface area (Å²) in [4.78, 5) is 37.3. The Hall–Kier alpha value is -3.73. The molecule has 0 spiro atoms. The molecule has 0 atom stereocenters. The molecule has 0 saturated carbocycles. The van der Waals surface area contributed by atoms with Crippen LogP contribution in [0.2, 0.25) is 0 Å². The molecule has 144 valence electrons. The quantitative estimate of drug-likeness (QED) is 0.698. The van der Waals surface area contributed by atoms with Crippen LogP contribution in [-0.2, 0) is 13.0 Å². The van der Waals surface area contributed by atoms with Crippen molar-refractivity contribution in [3.63, 3.8) is 0 Å². The average Bonchev–Trinajstić information content (AvgIpc) is 3.14. The van der Waals surface area contributed by atoms with E-state index in [1.807, 2.05) is 36.4 Å². The summed E-state index contributed by atoms with van der Waals surface area (Å²) in [5.74, 6) is -0.570. The van der Waals surface area contributed by atoms with Gasteiger partial charge < -0.3 is 10.6 Å². The lowest BCUT2D eigenvalue weighted by atomic mass is 10.0. The van der Waals surface area contributed by atoms with Crippen LogP contribution in [0.25, 0.3) is 0 Å². The number of amides is 2. The molecule has 3 aromatic rings. The molecule has 0 fully saturated rings. The van der Waals surface area contributed by atoms with Gasteiger partial charge in [-0.3, -0.25) is 14.4 Å². The monoisotopic (exact) mass is 384 g/mol. The lowest BCUT2D eigenvalue weighted by Gasteiger charge is -2.10. The van der Waals surface area contributed by atoms with Crippen LogP contribution in [0.1, 0.15) is 48.6 Å². The zero-order valence-corrected chi connectivity index (χ0v) is 15.8. The number of hydrogen-bond acceptors (Lipinski definition) is 3. The highest BCUT2D eigenvalue weighted by molar-refractivity contribution is 6.14. The fourth-order valence-electron chi connectivity index (χ4n) is 3.52. The first-order valence-electron chi connectivity index (χ1n) is 9.50. The van der Waals surface area contributed by atoms with Gasteiger partial charge >= 0.3 is 0 Å². The van der Waals surface area contributed by atoms with Gasteiger partial charge in [-0.15, -0.1) is 0 Å². The minimum absolute atomic E-state index is 0.000194. The molecular weight excluding hydrogens is 364 g/mol. The van der Waals surface area contributed by atoms with Gasteiger partial charge in [0.25, 0.3) is 11.8 Å². The molecule has 0 saturated heterocycles. The SMILES string of the molecule is O=C(NCc1ccccc1)c1cccc(NC(=O)c2cccc3c2C(=O)CC3)c1. The van der Waals surface area contributed by atoms with Crippen molar-refractivity contribution in [2.45, 2.75) is 19.4 Å². The minimum atomic E-state index is -0.348. The zero-order valence-electron chi connectivity index (χ0n) is 15.8. The van der Waals surface area contributed by atoms with E-state index in [4.69, 9.17) is 0 Å². The largest absolute Gasteiger partial charge is 0.348 e. The van der Waals surface area contributed by atoms with E-state index >= 15 is 0 Å². The number of hydrogen-bond donors (Lipinski definition) is 2. The molecule has 0 aliphatic heterocycles. The van der Waals surface area contributed by atoms with Crippen LogP contribution in [0.5, 0.6) is 0 Å². The zero-order chi connectivity index (χ0) is 20.2. The van der Waals surface area contributed by atoms with Crippen LogP contribution < -0.4 is 10.6 Å². The molecule has 5 heteroatoms. The predicted octanol–water partition coefficient (Wildman–Crippen LogP) is 4.00. The van der Waals surface area contributed by atoms with E-state index in [0.717, 1.165) is 11.1 Å². The Morgan fingerprint density at radius 3 is 2.45 bits per heavy atom. The maximum Gasteiger partial charge on any atom is 0.256 e. The van der Waals surface area contributed by atoms with Gasteiger partial charge in [0.2, 0.25) is 0 Å². The van der Waals surface area contributed by atoms with Gasteiger partial charge in [-0.2, -0.15) is 0 Å². The van der Waals surface area contributed by atoms with Crippen LogP contribution in [0.4, 0.5) is 5.69 Å². The Morgan fingerprint density at radius 1 is 0.828 bits per heavy atom. The molecule has 2 N–H and O–H groups in total. The molecule has 0 aromatic heterocycles. The van der Waals surface area contributed by atoms with Crippen LogP contribution in [-0.4, -0.2) is 17.6 Å². The normalized spacial score (nSPS) is 12.3. The van der Waals surface area contributed by atoms with Crippen molar-refractivity contribution in [1.29, 1.82) is 0 Å². The smallest absolute Gasteiger partial charge is 0.256 e. The second-order valence-electron chi connectivity index (χ2n) is 6.97. The number of ketones is 1. The number of Topliss-reactive ketones (excluding diaryl/α,β-unsaturated/α-hetero) is 1. The number of benzene rings is 3. The van der Waals surface area contributed by atoms with Crippen molar-refractivity contribution in [1.82, 2.24) is 5.32 Å². The van der Waals surface area contributed by atoms with Crippen LogP contribution in [0, 0.1) is 0 Å². The summed E-state index contributed by atoms with van der Waals surface area (Å²) in [7, 11) is 0. The number of aryl methyl sites for hydroxylation is 1. The molecule has 0 heterocycles. The maximum absolute atomic E-state index is 12.7. The molecule has 1 aliphatic carbocycles. The first kappa shape index (κ1) is 18.6. The summed E-state index contributed by atoms with van der Waals surface area (Å²) < 4.78 is 0. The molecule has 2 amide bonds. The van der Waals surface area contributed by atoms with Gasteiger partial charge in [-0.25, -0.2) is 0 Å². The Balaban J connectivity index is 1.47. The van der Waals surface area contributed by atoms with E-state index in [1.165, 1.54) is 0 Å². The Labute approximate surface area is 168 Å². The topological polar surface area (TPSA) is 75.3 Å². The van der Waals surface area contributed by atoms with Crippen LogP contribution >= 0.6 is 0 Å². The van der Waals surface area contributed by atoms with E-state index in [1.54, 1.807) is 36.4 Å². The third-order valence-corrected chi connectivity index (χ3v) is 4.97. The minimum Gasteiger partial charge on any atom is -0.348 e. The van der Waals surface area contributed by atoms with Crippen molar-refractivity contribution < 1.29 is 14.4 Å². The van der Waals surface area contributed by atoms with Crippen molar-refractivity contribution >= 4 is 23.3 Å². The van der Waals surface area contributed by atoms with E-state index in [0.29, 0.717) is 41.8 Å². The lowest BCUT2D eigenvalue weighted by molar-refractivity contribution is 0.0949. The number of rotatable bonds is 5. The van der Waals surface area contributed by atoms with Gasteiger partial charge in [0.1, 0.15) is 0 Å². The standard InChI is InChI=1S/C24H20N2O3/c27-21-13-12-17-8-5-11-20(22(17)21)24(29)26-19-10-4-9-18(14-19)23(28)25-15-16-6-2-1-3-7-16/h1-11,14H,12-13,15H2,(H,25,28)(H,26,29). The van der Waals surface area contributed by atoms with E-state index in [-0.39, 0.29) is 17.6 Å². The Morgan fingerprint density at radius 2 is 1.62 bits per heavy atom. The molecule has 0 unspecified atom stereocenters. The summed E-state index contributed by atoms with van der Waals surface area (Å²) in [6.45, 7) is 0.425. The van der Waals surface area contributed by atoms with E-state index < -0.39 is 0 Å². The highest BCUT2D eigenvalue weighted by atomic mass is 16.2. The molecule has 1 aliphatic rings. The summed E-state index contributed by atoms with van der Waals surface area (Å²) in [6, 6.07) is 21.7. The summed E-state index contributed by atoms with van der Waals surface area (Å²) in [5, 5.41) is 5.68. The number of anilines is 1. The van der Waals surface area contributed by atoms with Crippen LogP contribution in [0.3, 0.4) is 0 Å². The molecule has 5 nitrogen and oxygen atoms in total.